The van der Waals surface area contributed by atoms with Gasteiger partial charge in [0.25, 0.3) is 0 Å². The summed E-state index contributed by atoms with van der Waals surface area (Å²) >= 11 is 0. The molecule has 0 bridgehead atoms. The lowest BCUT2D eigenvalue weighted by Gasteiger charge is -1.94. The Kier molecular flexibility index (Phi) is 8.17. The molecule has 0 spiro atoms. The van der Waals surface area contributed by atoms with E-state index in [1.807, 2.05) is 0 Å². The highest BCUT2D eigenvalue weighted by Gasteiger charge is 2.18. The summed E-state index contributed by atoms with van der Waals surface area (Å²) < 4.78 is 4.60. The van der Waals surface area contributed by atoms with E-state index in [4.69, 9.17) is 0 Å². The van der Waals surface area contributed by atoms with Crippen LogP contribution in [0.15, 0.2) is 48.5 Å². The molecule has 0 fully saturated rings. The zero-order valence-electron chi connectivity index (χ0n) is 14.3. The molecule has 0 aliphatic carbocycles. The molecule has 4 rings (SSSR count). The summed E-state index contributed by atoms with van der Waals surface area (Å²) in [7, 11) is 0. The van der Waals surface area contributed by atoms with Gasteiger partial charge in [0.15, 0.2) is 0 Å². The fourth-order valence-electron chi connectivity index (χ4n) is 3.14. The molecule has 4 heteroatoms. The Hall–Kier alpha value is -1.64. The van der Waals surface area contributed by atoms with E-state index in [0.717, 1.165) is 25.9 Å². The van der Waals surface area contributed by atoms with Crippen LogP contribution >= 0.6 is 0 Å². The van der Waals surface area contributed by atoms with Crippen molar-refractivity contribution in [1.82, 2.24) is 0 Å². The molecule has 2 aliphatic heterocycles. The number of benzene rings is 2. The number of para-hydroxylation sites is 2. The largest absolute Gasteiger partial charge is 1.00 e. The predicted molar refractivity (Wildman–Crippen MR) is 93.3 cm³/mol. The van der Waals surface area contributed by atoms with Crippen LogP contribution in [0.1, 0.15) is 25.0 Å². The first kappa shape index (κ1) is 20.4. The first-order valence-electron chi connectivity index (χ1n) is 8.19. The van der Waals surface area contributed by atoms with Gasteiger partial charge < -0.3 is 24.8 Å². The third kappa shape index (κ3) is 4.25. The molecule has 2 heterocycles. The van der Waals surface area contributed by atoms with Gasteiger partial charge in [0, 0.05) is 23.3 Å². The Labute approximate surface area is 157 Å². The fraction of sp³-hybridized carbons (Fsp3) is 0.300. The van der Waals surface area contributed by atoms with Gasteiger partial charge in [-0.25, -0.2) is 9.15 Å². The molecule has 128 valence electrons. The zero-order valence-corrected chi connectivity index (χ0v) is 15.8. The smallest absolute Gasteiger partial charge is 0.208 e. The first-order valence-corrected chi connectivity index (χ1v) is 8.19. The molecular formula is C20H24Cl2N2. The van der Waals surface area contributed by atoms with E-state index in [2.05, 4.69) is 84.0 Å². The molecule has 0 radical (unpaired) electrons. The summed E-state index contributed by atoms with van der Waals surface area (Å²) in [6, 6.07) is 17.2. The minimum absolute atomic E-state index is 0. The van der Waals surface area contributed by atoms with Gasteiger partial charge in [0.05, 0.1) is 12.8 Å². The van der Waals surface area contributed by atoms with Crippen molar-refractivity contribution >= 4 is 23.8 Å². The highest BCUT2D eigenvalue weighted by atomic mass is 35.5. The number of hydrogen-bond donors (Lipinski definition) is 0. The molecule has 2 aliphatic rings. The van der Waals surface area contributed by atoms with Crippen molar-refractivity contribution in [2.75, 3.05) is 13.1 Å². The van der Waals surface area contributed by atoms with Crippen molar-refractivity contribution in [2.24, 2.45) is 0 Å². The number of rotatable bonds is 2. The summed E-state index contributed by atoms with van der Waals surface area (Å²) in [4.78, 5) is 0. The van der Waals surface area contributed by atoms with Gasteiger partial charge in [0.1, 0.15) is 25.5 Å². The van der Waals surface area contributed by atoms with E-state index in [0.29, 0.717) is 0 Å². The van der Waals surface area contributed by atoms with Gasteiger partial charge in [0.2, 0.25) is 11.4 Å². The van der Waals surface area contributed by atoms with Gasteiger partial charge in [-0.05, 0) is 13.8 Å². The Morgan fingerprint density at radius 2 is 1.04 bits per heavy atom. The molecule has 2 aromatic carbocycles. The number of halogens is 2. The van der Waals surface area contributed by atoms with Crippen LogP contribution in [0, 0.1) is 0 Å². The van der Waals surface area contributed by atoms with Crippen molar-refractivity contribution in [3.8, 4) is 0 Å². The third-order valence-electron chi connectivity index (χ3n) is 4.35. The fourth-order valence-corrected chi connectivity index (χ4v) is 3.14. The Balaban J connectivity index is 0.000000222. The molecule has 0 saturated heterocycles. The number of hydrogen-bond acceptors (Lipinski definition) is 0. The van der Waals surface area contributed by atoms with Crippen molar-refractivity contribution in [3.63, 3.8) is 0 Å². The molecule has 2 aromatic rings. The second-order valence-corrected chi connectivity index (χ2v) is 5.60. The van der Waals surface area contributed by atoms with E-state index in [1.165, 1.54) is 22.5 Å². The second-order valence-electron chi connectivity index (χ2n) is 5.60. The highest BCUT2D eigenvalue weighted by Crippen LogP contribution is 2.23. The monoisotopic (exact) mass is 362 g/mol. The third-order valence-corrected chi connectivity index (χ3v) is 4.35. The van der Waals surface area contributed by atoms with E-state index >= 15 is 0 Å². The van der Waals surface area contributed by atoms with E-state index in [9.17, 15) is 0 Å². The Bertz CT molecular complexity index is 672. The van der Waals surface area contributed by atoms with Crippen LogP contribution in [0.25, 0.3) is 0 Å². The standard InChI is InChI=1S/2C10H12N.2ClH/c2*1-2-11-8-7-9-5-3-4-6-10(9)11;;/h2*3-6,8H,2,7H2,1H3;2*1H/q2*+1;;/p-2. The zero-order chi connectivity index (χ0) is 15.4. The van der Waals surface area contributed by atoms with E-state index < -0.39 is 0 Å². The van der Waals surface area contributed by atoms with Crippen molar-refractivity contribution in [1.29, 1.82) is 0 Å². The maximum atomic E-state index is 2.30. The first-order chi connectivity index (χ1) is 10.8. The maximum absolute atomic E-state index is 2.30. The minimum Gasteiger partial charge on any atom is -1.00 e. The molecule has 0 N–H and O–H groups in total. The molecule has 0 aromatic heterocycles. The summed E-state index contributed by atoms with van der Waals surface area (Å²) in [5.74, 6) is 0. The summed E-state index contributed by atoms with van der Waals surface area (Å²) in [6.45, 7) is 6.52. The van der Waals surface area contributed by atoms with Gasteiger partial charge in [-0.2, -0.15) is 0 Å². The highest BCUT2D eigenvalue weighted by molar-refractivity contribution is 5.67. The van der Waals surface area contributed by atoms with E-state index in [1.54, 1.807) is 0 Å². The maximum Gasteiger partial charge on any atom is 0.208 e. The van der Waals surface area contributed by atoms with Gasteiger partial charge in [-0.15, -0.1) is 0 Å². The molecule has 0 amide bonds. The minimum atomic E-state index is 0. The van der Waals surface area contributed by atoms with Crippen molar-refractivity contribution in [3.05, 3.63) is 59.7 Å². The molecular weight excluding hydrogens is 339 g/mol. The van der Waals surface area contributed by atoms with Crippen LogP contribution in [0.5, 0.6) is 0 Å². The van der Waals surface area contributed by atoms with Crippen LogP contribution in [0.2, 0.25) is 0 Å². The molecule has 0 unspecified atom stereocenters. The molecule has 0 atom stereocenters. The van der Waals surface area contributed by atoms with Gasteiger partial charge in [-0.1, -0.05) is 36.4 Å². The Morgan fingerprint density at radius 3 is 1.42 bits per heavy atom. The second kappa shape index (κ2) is 9.61. The van der Waals surface area contributed by atoms with Crippen LogP contribution in [0.4, 0.5) is 11.4 Å². The average molecular weight is 363 g/mol. The SMILES string of the molecule is CC[N+]1=CCc2ccccc21.CC[N+]1=CCc2ccccc21.[Cl-].[Cl-]. The lowest BCUT2D eigenvalue weighted by molar-refractivity contribution is -0.428. The lowest BCUT2D eigenvalue weighted by Crippen LogP contribution is -3.00. The molecule has 2 nitrogen and oxygen atoms in total. The summed E-state index contributed by atoms with van der Waals surface area (Å²) in [5.41, 5.74) is 5.67. The predicted octanol–water partition coefficient (Wildman–Crippen LogP) is -2.04. The van der Waals surface area contributed by atoms with Crippen LogP contribution in [0.3, 0.4) is 0 Å². The Morgan fingerprint density at radius 1 is 0.667 bits per heavy atom. The van der Waals surface area contributed by atoms with Crippen LogP contribution < -0.4 is 24.8 Å². The summed E-state index contributed by atoms with van der Waals surface area (Å²) in [6.07, 6.45) is 6.71. The number of nitrogens with zero attached hydrogens (tertiary/aromatic N) is 2. The normalized spacial score (nSPS) is 13.2. The van der Waals surface area contributed by atoms with Crippen molar-refractivity contribution in [2.45, 2.75) is 26.7 Å². The van der Waals surface area contributed by atoms with Gasteiger partial charge in [-0.3, -0.25) is 0 Å². The lowest BCUT2D eigenvalue weighted by atomic mass is 10.2. The number of fused-ring (bicyclic) bond motifs is 2. The molecule has 24 heavy (non-hydrogen) atoms. The van der Waals surface area contributed by atoms with Crippen LogP contribution in [-0.4, -0.2) is 34.7 Å². The van der Waals surface area contributed by atoms with Gasteiger partial charge >= 0.3 is 0 Å². The quantitative estimate of drug-likeness (QED) is 0.543. The van der Waals surface area contributed by atoms with Crippen LogP contribution in [-0.2, 0) is 12.8 Å². The average Bonchev–Trinajstić information content (AvgIpc) is 3.19. The van der Waals surface area contributed by atoms with E-state index in [-0.39, 0.29) is 24.8 Å². The van der Waals surface area contributed by atoms with Crippen molar-refractivity contribution < 1.29 is 34.0 Å². The topological polar surface area (TPSA) is 6.02 Å². The summed E-state index contributed by atoms with van der Waals surface area (Å²) in [5, 5.41) is 0. The molecule has 0 saturated carbocycles.